The average molecular weight is 551 g/mol. The third-order valence-corrected chi connectivity index (χ3v) is 6.03. The van der Waals surface area contributed by atoms with Crippen molar-refractivity contribution in [3.05, 3.63) is 52.5 Å². The molecule has 0 atom stereocenters. The van der Waals surface area contributed by atoms with Crippen molar-refractivity contribution in [3.63, 3.8) is 0 Å². The standard InChI is InChI=1S/C22H18BrF3N6O3/c23-16-12-15(6-7-17(16)35-22(24,25)26)27-21(33)14-5-4-13-10-19(34-18(13)11-14)20-28-30-32(29-20)31-8-2-1-3-9-31/h4-7,10-12H,1-3,8-9H2,(H,27,33). The van der Waals surface area contributed by atoms with Crippen LogP contribution in [0.1, 0.15) is 29.6 Å². The van der Waals surface area contributed by atoms with Crippen molar-refractivity contribution in [2.75, 3.05) is 23.4 Å². The lowest BCUT2D eigenvalue weighted by Gasteiger charge is -2.25. The lowest BCUT2D eigenvalue weighted by Crippen LogP contribution is -2.40. The predicted molar refractivity (Wildman–Crippen MR) is 124 cm³/mol. The monoisotopic (exact) mass is 550 g/mol. The minimum absolute atomic E-state index is 0.0452. The SMILES string of the molecule is O=C(Nc1ccc(OC(F)(F)F)c(Br)c1)c1ccc2cc(-c3nnn(N4CCCCC4)n3)oc2c1. The summed E-state index contributed by atoms with van der Waals surface area (Å²) < 4.78 is 47.1. The Hall–Kier alpha value is -3.61. The highest BCUT2D eigenvalue weighted by Crippen LogP contribution is 2.33. The molecule has 1 aliphatic heterocycles. The Morgan fingerprint density at radius 2 is 1.89 bits per heavy atom. The van der Waals surface area contributed by atoms with E-state index in [4.69, 9.17) is 4.42 Å². The summed E-state index contributed by atoms with van der Waals surface area (Å²) in [6, 6.07) is 10.4. The molecule has 5 rings (SSSR count). The van der Waals surface area contributed by atoms with E-state index < -0.39 is 18.0 Å². The minimum Gasteiger partial charge on any atom is -0.453 e. The van der Waals surface area contributed by atoms with Crippen LogP contribution < -0.4 is 15.1 Å². The highest BCUT2D eigenvalue weighted by atomic mass is 79.9. The van der Waals surface area contributed by atoms with E-state index in [1.165, 1.54) is 23.5 Å². The van der Waals surface area contributed by atoms with E-state index in [0.717, 1.165) is 37.4 Å². The fraction of sp³-hybridized carbons (Fsp3) is 0.273. The van der Waals surface area contributed by atoms with Gasteiger partial charge in [-0.05, 0) is 76.8 Å². The van der Waals surface area contributed by atoms with Gasteiger partial charge in [-0.15, -0.1) is 23.4 Å². The molecule has 182 valence electrons. The van der Waals surface area contributed by atoms with Crippen LogP contribution in [0.2, 0.25) is 0 Å². The van der Waals surface area contributed by atoms with Gasteiger partial charge in [0, 0.05) is 29.7 Å². The number of aromatic nitrogens is 4. The van der Waals surface area contributed by atoms with Gasteiger partial charge in [-0.1, -0.05) is 11.0 Å². The van der Waals surface area contributed by atoms with E-state index in [1.807, 2.05) is 5.01 Å². The van der Waals surface area contributed by atoms with Gasteiger partial charge in [0.1, 0.15) is 11.3 Å². The highest BCUT2D eigenvalue weighted by Gasteiger charge is 2.32. The second-order valence-electron chi connectivity index (χ2n) is 7.91. The van der Waals surface area contributed by atoms with Gasteiger partial charge < -0.3 is 14.5 Å². The van der Waals surface area contributed by atoms with E-state index >= 15 is 0 Å². The average Bonchev–Trinajstić information content (AvgIpc) is 3.47. The number of hydrogen-bond donors (Lipinski definition) is 1. The molecule has 1 aliphatic rings. The molecule has 1 saturated heterocycles. The Balaban J connectivity index is 1.31. The molecular formula is C22H18BrF3N6O3. The van der Waals surface area contributed by atoms with Crippen molar-refractivity contribution in [1.29, 1.82) is 0 Å². The topological polar surface area (TPSA) is 98.3 Å². The van der Waals surface area contributed by atoms with E-state index in [2.05, 4.69) is 41.4 Å². The van der Waals surface area contributed by atoms with Crippen LogP contribution in [0.25, 0.3) is 22.6 Å². The number of ether oxygens (including phenoxy) is 1. The van der Waals surface area contributed by atoms with Crippen molar-refractivity contribution >= 4 is 38.5 Å². The Bertz CT molecular complexity index is 1380. The summed E-state index contributed by atoms with van der Waals surface area (Å²) in [5.41, 5.74) is 1.04. The molecular weight excluding hydrogens is 533 g/mol. The molecule has 0 spiro atoms. The maximum atomic E-state index is 12.7. The van der Waals surface area contributed by atoms with Crippen LogP contribution >= 0.6 is 15.9 Å². The number of carbonyl (C=O) groups excluding carboxylic acids is 1. The Morgan fingerprint density at radius 1 is 1.09 bits per heavy atom. The molecule has 0 saturated carbocycles. The van der Waals surface area contributed by atoms with Gasteiger partial charge >= 0.3 is 6.36 Å². The van der Waals surface area contributed by atoms with Crippen molar-refractivity contribution in [2.24, 2.45) is 0 Å². The molecule has 1 fully saturated rings. The quantitative estimate of drug-likeness (QED) is 0.368. The molecule has 3 heterocycles. The normalized spacial score (nSPS) is 14.3. The third-order valence-electron chi connectivity index (χ3n) is 5.41. The first-order valence-corrected chi connectivity index (χ1v) is 11.5. The number of hydrogen-bond acceptors (Lipinski definition) is 7. The highest BCUT2D eigenvalue weighted by molar-refractivity contribution is 9.10. The molecule has 4 aromatic rings. The molecule has 1 amide bonds. The summed E-state index contributed by atoms with van der Waals surface area (Å²) in [5, 5.41) is 18.0. The van der Waals surface area contributed by atoms with Crippen LogP contribution in [0.5, 0.6) is 5.75 Å². The number of fused-ring (bicyclic) bond motifs is 1. The first-order valence-electron chi connectivity index (χ1n) is 10.7. The predicted octanol–water partition coefficient (Wildman–Crippen LogP) is 5.12. The molecule has 0 unspecified atom stereocenters. The van der Waals surface area contributed by atoms with E-state index in [1.54, 1.807) is 24.3 Å². The van der Waals surface area contributed by atoms with Crippen molar-refractivity contribution in [3.8, 4) is 17.3 Å². The summed E-state index contributed by atoms with van der Waals surface area (Å²) in [5.74, 6) is -0.116. The lowest BCUT2D eigenvalue weighted by atomic mass is 10.1. The van der Waals surface area contributed by atoms with Gasteiger partial charge in [-0.3, -0.25) is 9.80 Å². The molecule has 9 nitrogen and oxygen atoms in total. The number of rotatable bonds is 5. The zero-order valence-electron chi connectivity index (χ0n) is 18.0. The number of amides is 1. The molecule has 0 aliphatic carbocycles. The number of alkyl halides is 3. The van der Waals surface area contributed by atoms with Crippen LogP contribution in [0, 0.1) is 0 Å². The summed E-state index contributed by atoms with van der Waals surface area (Å²) in [4.78, 5) is 14.2. The zero-order valence-corrected chi connectivity index (χ0v) is 19.6. The van der Waals surface area contributed by atoms with Crippen molar-refractivity contribution < 1.29 is 27.1 Å². The molecule has 2 aromatic carbocycles. The summed E-state index contributed by atoms with van der Waals surface area (Å²) in [6.45, 7) is 1.73. The number of piperidine rings is 1. The number of benzene rings is 2. The van der Waals surface area contributed by atoms with Gasteiger partial charge in [-0.2, -0.15) is 0 Å². The summed E-state index contributed by atoms with van der Waals surface area (Å²) in [6.07, 6.45) is -1.47. The first kappa shape index (κ1) is 23.1. The molecule has 2 aromatic heterocycles. The van der Waals surface area contributed by atoms with E-state index in [0.29, 0.717) is 22.7 Å². The van der Waals surface area contributed by atoms with Crippen LogP contribution in [0.4, 0.5) is 18.9 Å². The Morgan fingerprint density at radius 3 is 2.63 bits per heavy atom. The number of halogens is 4. The van der Waals surface area contributed by atoms with Gasteiger partial charge in [-0.25, -0.2) is 0 Å². The fourth-order valence-electron chi connectivity index (χ4n) is 3.75. The number of carbonyl (C=O) groups is 1. The van der Waals surface area contributed by atoms with E-state index in [-0.39, 0.29) is 10.2 Å². The smallest absolute Gasteiger partial charge is 0.453 e. The second kappa shape index (κ2) is 9.21. The number of tetrazole rings is 1. The first-order chi connectivity index (χ1) is 16.7. The van der Waals surface area contributed by atoms with Gasteiger partial charge in [0.15, 0.2) is 5.76 Å². The van der Waals surface area contributed by atoms with Crippen LogP contribution in [0.3, 0.4) is 0 Å². The molecule has 0 bridgehead atoms. The molecule has 35 heavy (non-hydrogen) atoms. The lowest BCUT2D eigenvalue weighted by molar-refractivity contribution is -0.274. The van der Waals surface area contributed by atoms with Gasteiger partial charge in [0.25, 0.3) is 5.91 Å². The molecule has 0 radical (unpaired) electrons. The Kier molecular flexibility index (Phi) is 6.09. The van der Waals surface area contributed by atoms with Crippen LogP contribution in [-0.4, -0.2) is 45.7 Å². The number of nitrogens with one attached hydrogen (secondary N) is 1. The van der Waals surface area contributed by atoms with Crippen molar-refractivity contribution in [1.82, 2.24) is 20.3 Å². The number of anilines is 1. The summed E-state index contributed by atoms with van der Waals surface area (Å²) >= 11 is 3.02. The minimum atomic E-state index is -4.82. The third kappa shape index (κ3) is 5.24. The van der Waals surface area contributed by atoms with Crippen molar-refractivity contribution in [2.45, 2.75) is 25.6 Å². The second-order valence-corrected chi connectivity index (χ2v) is 8.76. The number of nitrogens with zero attached hydrogens (tertiary/aromatic N) is 5. The summed E-state index contributed by atoms with van der Waals surface area (Å²) in [7, 11) is 0. The largest absolute Gasteiger partial charge is 0.573 e. The molecule has 1 N–H and O–H groups in total. The van der Waals surface area contributed by atoms with Gasteiger partial charge in [0.05, 0.1) is 4.47 Å². The van der Waals surface area contributed by atoms with Gasteiger partial charge in [0.2, 0.25) is 5.82 Å². The zero-order chi connectivity index (χ0) is 24.6. The van der Waals surface area contributed by atoms with Crippen LogP contribution in [-0.2, 0) is 0 Å². The fourth-order valence-corrected chi connectivity index (χ4v) is 4.21. The van der Waals surface area contributed by atoms with Crippen LogP contribution in [0.15, 0.2) is 51.4 Å². The number of furan rings is 1. The maximum absolute atomic E-state index is 12.7. The maximum Gasteiger partial charge on any atom is 0.573 e. The Labute approximate surface area is 204 Å². The van der Waals surface area contributed by atoms with E-state index in [9.17, 15) is 18.0 Å². The molecule has 13 heteroatoms.